The number of rotatable bonds is 4. The number of nitrogens with zero attached hydrogens (tertiary/aromatic N) is 2. The van der Waals surface area contributed by atoms with E-state index >= 15 is 0 Å². The summed E-state index contributed by atoms with van der Waals surface area (Å²) in [4.78, 5) is 32.1. The number of benzene rings is 1. The van der Waals surface area contributed by atoms with E-state index in [4.69, 9.17) is 0 Å². The van der Waals surface area contributed by atoms with Crippen molar-refractivity contribution in [3.63, 3.8) is 0 Å². The molecule has 1 aromatic carbocycles. The van der Waals surface area contributed by atoms with Crippen LogP contribution in [0.5, 0.6) is 0 Å². The molecule has 0 aliphatic heterocycles. The Morgan fingerprint density at radius 3 is 2.50 bits per heavy atom. The molecule has 1 amide bonds. The summed E-state index contributed by atoms with van der Waals surface area (Å²) >= 11 is 2.97. The van der Waals surface area contributed by atoms with Gasteiger partial charge in [-0.2, -0.15) is 0 Å². The molecule has 0 spiro atoms. The van der Waals surface area contributed by atoms with E-state index in [-0.39, 0.29) is 17.2 Å². The molecule has 0 saturated carbocycles. The second kappa shape index (κ2) is 7.25. The Morgan fingerprint density at radius 1 is 1.19 bits per heavy atom. The number of aryl methyl sites for hydroxylation is 5. The van der Waals surface area contributed by atoms with E-state index in [2.05, 4.69) is 29.5 Å². The molecule has 2 aromatic heterocycles. The summed E-state index contributed by atoms with van der Waals surface area (Å²) in [5, 5.41) is 0.577. The van der Waals surface area contributed by atoms with Crippen molar-refractivity contribution in [2.45, 2.75) is 39.5 Å². The van der Waals surface area contributed by atoms with Gasteiger partial charge in [0.25, 0.3) is 5.56 Å². The summed E-state index contributed by atoms with van der Waals surface area (Å²) in [5.41, 5.74) is 6.85. The highest BCUT2D eigenvalue weighted by atomic mass is 32.2. The van der Waals surface area contributed by atoms with E-state index in [0.29, 0.717) is 10.2 Å². The number of amides is 1. The molecule has 0 aliphatic carbocycles. The summed E-state index contributed by atoms with van der Waals surface area (Å²) in [5.74, 6) is -0.00105. The third-order valence-corrected chi connectivity index (χ3v) is 6.74. The monoisotopic (exact) mass is 387 g/mol. The third kappa shape index (κ3) is 3.54. The highest BCUT2D eigenvalue weighted by Gasteiger charge is 2.14. The van der Waals surface area contributed by atoms with Crippen LogP contribution >= 0.6 is 23.1 Å². The lowest BCUT2D eigenvalue weighted by molar-refractivity contribution is -0.114. The Labute approximate surface area is 160 Å². The first kappa shape index (κ1) is 18.7. The van der Waals surface area contributed by atoms with Gasteiger partial charge >= 0.3 is 0 Å². The van der Waals surface area contributed by atoms with Crippen LogP contribution in [0.1, 0.15) is 27.1 Å². The second-order valence-electron chi connectivity index (χ2n) is 6.43. The van der Waals surface area contributed by atoms with Gasteiger partial charge in [-0.25, -0.2) is 9.66 Å². The Kier molecular flexibility index (Phi) is 5.20. The Hall–Kier alpha value is -2.12. The predicted molar refractivity (Wildman–Crippen MR) is 109 cm³/mol. The number of hydrogen-bond acceptors (Lipinski definition) is 5. The predicted octanol–water partition coefficient (Wildman–Crippen LogP) is 3.86. The number of thiophene rings is 1. The zero-order valence-corrected chi connectivity index (χ0v) is 17.1. The van der Waals surface area contributed by atoms with Crippen LogP contribution in [0, 0.1) is 34.6 Å². The maximum Gasteiger partial charge on any atom is 0.281 e. The molecule has 2 heterocycles. The standard InChI is InChI=1S/C19H21N3O2S2/c1-10-6-11(2)17(12(3)7-10)25-8-15(23)21-22-9-20-18-16(19(22)24)13(4)14(5)26-18/h6-7,9H,8H2,1-5H3,(H,21,23). The van der Waals surface area contributed by atoms with E-state index in [1.165, 1.54) is 39.7 Å². The van der Waals surface area contributed by atoms with Gasteiger partial charge in [0.05, 0.1) is 11.1 Å². The highest BCUT2D eigenvalue weighted by molar-refractivity contribution is 8.00. The molecule has 26 heavy (non-hydrogen) atoms. The van der Waals surface area contributed by atoms with Crippen LogP contribution in [0.25, 0.3) is 10.2 Å². The smallest absolute Gasteiger partial charge is 0.272 e. The Bertz CT molecular complexity index is 1040. The molecule has 0 atom stereocenters. The molecule has 0 radical (unpaired) electrons. The van der Waals surface area contributed by atoms with Crippen molar-refractivity contribution in [1.29, 1.82) is 0 Å². The molecular weight excluding hydrogens is 366 g/mol. The van der Waals surface area contributed by atoms with E-state index in [0.717, 1.165) is 26.5 Å². The molecule has 1 N–H and O–H groups in total. The molecule has 3 aromatic rings. The van der Waals surface area contributed by atoms with Gasteiger partial charge in [-0.3, -0.25) is 15.0 Å². The summed E-state index contributed by atoms with van der Waals surface area (Å²) in [6.07, 6.45) is 1.38. The van der Waals surface area contributed by atoms with E-state index in [1.54, 1.807) is 0 Å². The second-order valence-corrected chi connectivity index (χ2v) is 8.62. The first-order valence-electron chi connectivity index (χ1n) is 8.25. The third-order valence-electron chi connectivity index (χ3n) is 4.29. The fraction of sp³-hybridized carbons (Fsp3) is 0.316. The van der Waals surface area contributed by atoms with Gasteiger partial charge in [0.15, 0.2) is 0 Å². The minimum absolute atomic E-state index is 0.233. The Morgan fingerprint density at radius 2 is 1.85 bits per heavy atom. The number of thioether (sulfide) groups is 1. The van der Waals surface area contributed by atoms with Gasteiger partial charge in [-0.1, -0.05) is 17.7 Å². The molecule has 0 unspecified atom stereocenters. The zero-order valence-electron chi connectivity index (χ0n) is 15.5. The molecule has 5 nitrogen and oxygen atoms in total. The van der Waals surface area contributed by atoms with Crippen molar-refractivity contribution < 1.29 is 4.79 Å². The quantitative estimate of drug-likeness (QED) is 0.691. The molecule has 0 saturated heterocycles. The summed E-state index contributed by atoms with van der Waals surface area (Å²) in [6.45, 7) is 10.0. The highest BCUT2D eigenvalue weighted by Crippen LogP contribution is 2.27. The number of carbonyl (C=O) groups is 1. The zero-order chi connectivity index (χ0) is 19.0. The van der Waals surface area contributed by atoms with Crippen molar-refractivity contribution in [2.75, 3.05) is 11.2 Å². The minimum Gasteiger partial charge on any atom is -0.272 e. The van der Waals surface area contributed by atoms with Crippen LogP contribution < -0.4 is 11.0 Å². The van der Waals surface area contributed by atoms with Crippen LogP contribution in [0.15, 0.2) is 28.2 Å². The van der Waals surface area contributed by atoms with Crippen LogP contribution in [-0.4, -0.2) is 21.3 Å². The van der Waals surface area contributed by atoms with Crippen LogP contribution in [0.2, 0.25) is 0 Å². The summed E-state index contributed by atoms with van der Waals surface area (Å²) < 4.78 is 1.18. The molecule has 0 aliphatic rings. The molecule has 0 bridgehead atoms. The van der Waals surface area contributed by atoms with E-state index < -0.39 is 0 Å². The lowest BCUT2D eigenvalue weighted by Gasteiger charge is -2.11. The van der Waals surface area contributed by atoms with Crippen molar-refractivity contribution in [3.05, 3.63) is 55.9 Å². The summed E-state index contributed by atoms with van der Waals surface area (Å²) in [7, 11) is 0. The van der Waals surface area contributed by atoms with Crippen LogP contribution in [0.3, 0.4) is 0 Å². The first-order valence-corrected chi connectivity index (χ1v) is 10.1. The maximum atomic E-state index is 12.6. The Balaban J connectivity index is 1.77. The maximum absolute atomic E-state index is 12.6. The molecular formula is C19H21N3O2S2. The average molecular weight is 388 g/mol. The largest absolute Gasteiger partial charge is 0.281 e. The van der Waals surface area contributed by atoms with Gasteiger partial charge in [0.2, 0.25) is 5.91 Å². The normalized spacial score (nSPS) is 11.1. The van der Waals surface area contributed by atoms with Crippen LogP contribution in [0.4, 0.5) is 0 Å². The molecule has 136 valence electrons. The fourth-order valence-corrected chi connectivity index (χ4v) is 4.91. The number of nitrogens with one attached hydrogen (secondary N) is 1. The van der Waals surface area contributed by atoms with Crippen LogP contribution in [-0.2, 0) is 4.79 Å². The average Bonchev–Trinajstić information content (AvgIpc) is 2.84. The van der Waals surface area contributed by atoms with Gasteiger partial charge in [-0.05, 0) is 51.3 Å². The number of fused-ring (bicyclic) bond motifs is 1. The number of hydrogen-bond donors (Lipinski definition) is 1. The lowest BCUT2D eigenvalue weighted by Crippen LogP contribution is -2.34. The fourth-order valence-electron chi connectivity index (χ4n) is 3.01. The van der Waals surface area contributed by atoms with Gasteiger partial charge in [0, 0.05) is 9.77 Å². The van der Waals surface area contributed by atoms with Gasteiger partial charge in [-0.15, -0.1) is 23.1 Å². The first-order chi connectivity index (χ1) is 12.3. The number of carbonyl (C=O) groups excluding carboxylic acids is 1. The topological polar surface area (TPSA) is 64.0 Å². The number of aromatic nitrogens is 2. The molecule has 7 heteroatoms. The molecule has 3 rings (SSSR count). The van der Waals surface area contributed by atoms with Gasteiger partial charge < -0.3 is 0 Å². The van der Waals surface area contributed by atoms with Crippen molar-refractivity contribution in [3.8, 4) is 0 Å². The van der Waals surface area contributed by atoms with E-state index in [9.17, 15) is 9.59 Å². The van der Waals surface area contributed by atoms with Gasteiger partial charge in [0.1, 0.15) is 11.2 Å². The minimum atomic E-state index is -0.238. The summed E-state index contributed by atoms with van der Waals surface area (Å²) in [6, 6.07) is 4.22. The van der Waals surface area contributed by atoms with Crippen molar-refractivity contribution >= 4 is 39.2 Å². The van der Waals surface area contributed by atoms with Crippen molar-refractivity contribution in [2.24, 2.45) is 0 Å². The SMILES string of the molecule is Cc1cc(C)c(SCC(=O)Nn2cnc3sc(C)c(C)c3c2=O)c(C)c1. The molecule has 0 fully saturated rings. The lowest BCUT2D eigenvalue weighted by atomic mass is 10.1. The van der Waals surface area contributed by atoms with E-state index in [1.807, 2.05) is 27.7 Å². The van der Waals surface area contributed by atoms with Crippen molar-refractivity contribution in [1.82, 2.24) is 9.66 Å².